The van der Waals surface area contributed by atoms with Crippen LogP contribution < -0.4 is 10.1 Å². The zero-order valence-electron chi connectivity index (χ0n) is 17.2. The molecule has 0 saturated heterocycles. The predicted octanol–water partition coefficient (Wildman–Crippen LogP) is 4.02. The first-order valence-corrected chi connectivity index (χ1v) is 12.0. The van der Waals surface area contributed by atoms with Gasteiger partial charge in [-0.2, -0.15) is 5.10 Å². The van der Waals surface area contributed by atoms with E-state index in [0.717, 1.165) is 5.56 Å². The number of amides is 1. The van der Waals surface area contributed by atoms with Crippen LogP contribution in [-0.2, 0) is 14.8 Å². The molecule has 7 nitrogen and oxygen atoms in total. The summed E-state index contributed by atoms with van der Waals surface area (Å²) in [6.07, 6.45) is 1.28. The Labute approximate surface area is 195 Å². The van der Waals surface area contributed by atoms with Gasteiger partial charge in [-0.05, 0) is 64.3 Å². The summed E-state index contributed by atoms with van der Waals surface area (Å²) in [5.74, 6) is -0.364. The number of carbonyl (C=O) groups excluding carboxylic acids is 1. The van der Waals surface area contributed by atoms with Gasteiger partial charge < -0.3 is 5.11 Å². The molecular formula is C23H22BrN3O4S. The molecule has 0 aliphatic carbocycles. The number of halogens is 1. The normalized spacial score (nSPS) is 12.6. The van der Waals surface area contributed by atoms with Crippen molar-refractivity contribution in [3.05, 3.63) is 94.0 Å². The SMILES string of the molecule is Cc1ccc(S(=O)(=O)N[C@H](CC(=O)N/N=C\c2ccc(O)c(Br)c2)c2ccccc2)cc1. The predicted molar refractivity (Wildman–Crippen MR) is 127 cm³/mol. The van der Waals surface area contributed by atoms with E-state index in [-0.39, 0.29) is 17.1 Å². The molecule has 0 radical (unpaired) electrons. The third-order valence-electron chi connectivity index (χ3n) is 4.59. The van der Waals surface area contributed by atoms with Crippen molar-refractivity contribution < 1.29 is 18.3 Å². The van der Waals surface area contributed by atoms with Crippen LogP contribution in [-0.4, -0.2) is 25.6 Å². The summed E-state index contributed by atoms with van der Waals surface area (Å²) >= 11 is 3.21. The first kappa shape index (κ1) is 23.6. The van der Waals surface area contributed by atoms with Crippen LogP contribution in [0.1, 0.15) is 29.2 Å². The molecule has 32 heavy (non-hydrogen) atoms. The van der Waals surface area contributed by atoms with Crippen LogP contribution >= 0.6 is 15.9 Å². The summed E-state index contributed by atoms with van der Waals surface area (Å²) in [5, 5.41) is 13.5. The summed E-state index contributed by atoms with van der Waals surface area (Å²) in [4.78, 5) is 12.6. The number of aryl methyl sites for hydroxylation is 1. The number of nitrogens with one attached hydrogen (secondary N) is 2. The first-order chi connectivity index (χ1) is 15.2. The third-order valence-corrected chi connectivity index (χ3v) is 6.72. The second-order valence-corrected chi connectivity index (χ2v) is 9.67. The minimum atomic E-state index is -3.84. The molecule has 3 aromatic rings. The standard InChI is InChI=1S/C23H22BrN3O4S/c1-16-7-10-19(11-8-16)32(30,31)27-21(18-5-3-2-4-6-18)14-23(29)26-25-15-17-9-12-22(28)20(24)13-17/h2-13,15,21,27-28H,14H2,1H3,(H,26,29)/b25-15-/t21-/m1/s1. The highest BCUT2D eigenvalue weighted by molar-refractivity contribution is 9.10. The molecule has 1 atom stereocenters. The summed E-state index contributed by atoms with van der Waals surface area (Å²) in [6.45, 7) is 1.87. The Morgan fingerprint density at radius 2 is 1.78 bits per heavy atom. The molecule has 3 aromatic carbocycles. The Balaban J connectivity index is 1.73. The fourth-order valence-corrected chi connectivity index (χ4v) is 4.52. The Hall–Kier alpha value is -3.01. The lowest BCUT2D eigenvalue weighted by Crippen LogP contribution is -2.32. The van der Waals surface area contributed by atoms with Gasteiger partial charge in [0.25, 0.3) is 0 Å². The number of sulfonamides is 1. The summed E-state index contributed by atoms with van der Waals surface area (Å²) in [5.41, 5.74) is 4.68. The van der Waals surface area contributed by atoms with E-state index in [0.29, 0.717) is 15.6 Å². The van der Waals surface area contributed by atoms with E-state index in [4.69, 9.17) is 0 Å². The number of phenolic OH excluding ortho intramolecular Hbond substituents is 1. The molecule has 0 aliphatic rings. The van der Waals surface area contributed by atoms with Crippen molar-refractivity contribution in [2.45, 2.75) is 24.3 Å². The quantitative estimate of drug-likeness (QED) is 0.311. The fraction of sp³-hybridized carbons (Fsp3) is 0.130. The van der Waals surface area contributed by atoms with Crippen molar-refractivity contribution in [2.75, 3.05) is 0 Å². The van der Waals surface area contributed by atoms with Crippen LogP contribution in [0, 0.1) is 6.92 Å². The number of hydrogen-bond donors (Lipinski definition) is 3. The molecule has 0 unspecified atom stereocenters. The van der Waals surface area contributed by atoms with Crippen LogP contribution in [0.4, 0.5) is 0 Å². The van der Waals surface area contributed by atoms with Gasteiger partial charge >= 0.3 is 0 Å². The molecule has 166 valence electrons. The second-order valence-electron chi connectivity index (χ2n) is 7.11. The number of hydrogen-bond acceptors (Lipinski definition) is 5. The van der Waals surface area contributed by atoms with E-state index in [1.165, 1.54) is 24.4 Å². The highest BCUT2D eigenvalue weighted by Crippen LogP contribution is 2.23. The van der Waals surface area contributed by atoms with E-state index < -0.39 is 22.0 Å². The maximum absolute atomic E-state index is 12.9. The van der Waals surface area contributed by atoms with E-state index in [9.17, 15) is 18.3 Å². The number of hydrazone groups is 1. The van der Waals surface area contributed by atoms with Crippen LogP contribution in [0.5, 0.6) is 5.75 Å². The maximum Gasteiger partial charge on any atom is 0.242 e. The highest BCUT2D eigenvalue weighted by Gasteiger charge is 2.23. The van der Waals surface area contributed by atoms with Gasteiger partial charge in [-0.25, -0.2) is 18.6 Å². The lowest BCUT2D eigenvalue weighted by Gasteiger charge is -2.18. The maximum atomic E-state index is 12.9. The zero-order chi connectivity index (χ0) is 23.1. The average Bonchev–Trinajstić information content (AvgIpc) is 2.76. The Morgan fingerprint density at radius 3 is 2.44 bits per heavy atom. The molecule has 1 amide bonds. The molecule has 0 fully saturated rings. The molecule has 0 saturated carbocycles. The topological polar surface area (TPSA) is 108 Å². The minimum Gasteiger partial charge on any atom is -0.507 e. The van der Waals surface area contributed by atoms with Gasteiger partial charge in [0.2, 0.25) is 15.9 Å². The van der Waals surface area contributed by atoms with Crippen LogP contribution in [0.25, 0.3) is 0 Å². The van der Waals surface area contributed by atoms with Crippen LogP contribution in [0.2, 0.25) is 0 Å². The smallest absolute Gasteiger partial charge is 0.242 e. The van der Waals surface area contributed by atoms with Gasteiger partial charge in [-0.1, -0.05) is 48.0 Å². The highest BCUT2D eigenvalue weighted by atomic mass is 79.9. The van der Waals surface area contributed by atoms with Crippen molar-refractivity contribution in [1.82, 2.24) is 10.1 Å². The van der Waals surface area contributed by atoms with Crippen molar-refractivity contribution in [1.29, 1.82) is 0 Å². The lowest BCUT2D eigenvalue weighted by atomic mass is 10.0. The van der Waals surface area contributed by atoms with Gasteiger partial charge in [0, 0.05) is 6.42 Å². The number of nitrogens with zero attached hydrogens (tertiary/aromatic N) is 1. The number of carbonyl (C=O) groups is 1. The van der Waals surface area contributed by atoms with Crippen molar-refractivity contribution in [3.8, 4) is 5.75 Å². The molecule has 0 heterocycles. The van der Waals surface area contributed by atoms with Gasteiger partial charge in [0.05, 0.1) is 21.6 Å². The Morgan fingerprint density at radius 1 is 1.09 bits per heavy atom. The molecule has 0 spiro atoms. The van der Waals surface area contributed by atoms with Gasteiger partial charge in [-0.3, -0.25) is 4.79 Å². The van der Waals surface area contributed by atoms with Crippen molar-refractivity contribution >= 4 is 38.1 Å². The zero-order valence-corrected chi connectivity index (χ0v) is 19.6. The van der Waals surface area contributed by atoms with Crippen molar-refractivity contribution in [3.63, 3.8) is 0 Å². The number of aromatic hydroxyl groups is 1. The molecule has 3 rings (SSSR count). The third kappa shape index (κ3) is 6.49. The molecule has 0 aromatic heterocycles. The van der Waals surface area contributed by atoms with Crippen LogP contribution in [0.15, 0.2) is 87.3 Å². The molecule has 0 bridgehead atoms. The van der Waals surface area contributed by atoms with Crippen LogP contribution in [0.3, 0.4) is 0 Å². The molecule has 9 heteroatoms. The Kier molecular flexibility index (Phi) is 7.79. The van der Waals surface area contributed by atoms with E-state index in [1.54, 1.807) is 48.5 Å². The average molecular weight is 516 g/mol. The fourth-order valence-electron chi connectivity index (χ4n) is 2.90. The summed E-state index contributed by atoms with van der Waals surface area (Å²) < 4.78 is 28.9. The molecule has 0 aliphatic heterocycles. The molecule has 3 N–H and O–H groups in total. The first-order valence-electron chi connectivity index (χ1n) is 9.69. The minimum absolute atomic E-state index is 0.0951. The van der Waals surface area contributed by atoms with Crippen molar-refractivity contribution in [2.24, 2.45) is 5.10 Å². The van der Waals surface area contributed by atoms with E-state index >= 15 is 0 Å². The monoisotopic (exact) mass is 515 g/mol. The van der Waals surface area contributed by atoms with E-state index in [2.05, 4.69) is 31.2 Å². The largest absolute Gasteiger partial charge is 0.507 e. The lowest BCUT2D eigenvalue weighted by molar-refractivity contribution is -0.121. The molecular weight excluding hydrogens is 494 g/mol. The summed E-state index contributed by atoms with van der Waals surface area (Å²) in [6, 6.07) is 19.4. The Bertz CT molecular complexity index is 1210. The summed E-state index contributed by atoms with van der Waals surface area (Å²) in [7, 11) is -3.84. The number of benzene rings is 3. The number of rotatable bonds is 8. The van der Waals surface area contributed by atoms with Gasteiger partial charge in [-0.15, -0.1) is 0 Å². The number of phenols is 1. The van der Waals surface area contributed by atoms with Gasteiger partial charge in [0.15, 0.2) is 0 Å². The second kappa shape index (κ2) is 10.5. The van der Waals surface area contributed by atoms with E-state index in [1.807, 2.05) is 13.0 Å². The van der Waals surface area contributed by atoms with Gasteiger partial charge in [0.1, 0.15) is 5.75 Å².